The van der Waals surface area contributed by atoms with Gasteiger partial charge in [0, 0.05) is 12.0 Å². The Labute approximate surface area is 131 Å². The molecule has 120 valence electrons. The molecule has 1 aromatic carbocycles. The van der Waals surface area contributed by atoms with Gasteiger partial charge in [-0.25, -0.2) is 4.79 Å². The van der Waals surface area contributed by atoms with Crippen LogP contribution in [0.2, 0.25) is 0 Å². The normalized spacial score (nSPS) is 16.1. The monoisotopic (exact) mass is 303 g/mol. The van der Waals surface area contributed by atoms with E-state index in [1.165, 1.54) is 0 Å². The van der Waals surface area contributed by atoms with Crippen molar-refractivity contribution in [3.05, 3.63) is 35.4 Å². The molecule has 1 aromatic rings. The zero-order chi connectivity index (χ0) is 16.2. The van der Waals surface area contributed by atoms with Crippen LogP contribution in [0.5, 0.6) is 0 Å². The van der Waals surface area contributed by atoms with Crippen LogP contribution in [0.4, 0.5) is 0 Å². The summed E-state index contributed by atoms with van der Waals surface area (Å²) in [4.78, 5) is 23.2. The van der Waals surface area contributed by atoms with Crippen molar-refractivity contribution in [1.82, 2.24) is 5.32 Å². The first kappa shape index (κ1) is 16.5. The van der Waals surface area contributed by atoms with Gasteiger partial charge in [-0.3, -0.25) is 4.79 Å². The van der Waals surface area contributed by atoms with E-state index in [0.29, 0.717) is 12.5 Å². The summed E-state index contributed by atoms with van der Waals surface area (Å²) < 4.78 is 0. The largest absolute Gasteiger partial charge is 0.478 e. The van der Waals surface area contributed by atoms with Crippen LogP contribution in [0.25, 0.3) is 0 Å². The quantitative estimate of drug-likeness (QED) is 0.812. The van der Waals surface area contributed by atoms with E-state index in [1.807, 2.05) is 12.1 Å². The summed E-state index contributed by atoms with van der Waals surface area (Å²) in [6.45, 7) is 4.93. The Morgan fingerprint density at radius 1 is 1.23 bits per heavy atom. The topological polar surface area (TPSA) is 66.4 Å². The van der Waals surface area contributed by atoms with Crippen LogP contribution in [0.15, 0.2) is 24.3 Å². The Hall–Kier alpha value is -1.84. The van der Waals surface area contributed by atoms with E-state index >= 15 is 0 Å². The van der Waals surface area contributed by atoms with Crippen LogP contribution in [0.1, 0.15) is 55.5 Å². The van der Waals surface area contributed by atoms with Gasteiger partial charge in [0.15, 0.2) is 0 Å². The van der Waals surface area contributed by atoms with E-state index in [4.69, 9.17) is 5.11 Å². The number of carboxylic acid groups (broad SMARTS) is 1. The molecule has 0 bridgehead atoms. The molecule has 1 amide bonds. The van der Waals surface area contributed by atoms with Crippen molar-refractivity contribution in [2.45, 2.75) is 46.0 Å². The average Bonchev–Trinajstić information content (AvgIpc) is 2.43. The molecule has 4 nitrogen and oxygen atoms in total. The van der Waals surface area contributed by atoms with Gasteiger partial charge in [0.05, 0.1) is 5.56 Å². The second-order valence-corrected chi connectivity index (χ2v) is 6.74. The number of carbonyl (C=O) groups excluding carboxylic acids is 1. The minimum atomic E-state index is -0.916. The smallest absolute Gasteiger partial charge is 0.335 e. The molecule has 0 saturated heterocycles. The van der Waals surface area contributed by atoms with E-state index in [0.717, 1.165) is 37.7 Å². The molecule has 4 heteroatoms. The molecule has 0 aliphatic heterocycles. The number of nitrogens with one attached hydrogen (secondary N) is 1. The minimum Gasteiger partial charge on any atom is -0.478 e. The Morgan fingerprint density at radius 2 is 1.86 bits per heavy atom. The molecule has 2 rings (SSSR count). The minimum absolute atomic E-state index is 0.138. The predicted octanol–water partition coefficient (Wildman–Crippen LogP) is 3.26. The Bertz CT molecular complexity index is 530. The summed E-state index contributed by atoms with van der Waals surface area (Å²) in [6.07, 6.45) is 4.85. The SMILES string of the molecule is CC(C)CC1(C(=O)NCCc2ccc(C(=O)O)cc2)CCC1. The van der Waals surface area contributed by atoms with Crippen molar-refractivity contribution < 1.29 is 14.7 Å². The van der Waals surface area contributed by atoms with Crippen LogP contribution in [0, 0.1) is 11.3 Å². The lowest BCUT2D eigenvalue weighted by Gasteiger charge is -2.41. The molecular formula is C18H25NO3. The van der Waals surface area contributed by atoms with Gasteiger partial charge in [0.1, 0.15) is 0 Å². The predicted molar refractivity (Wildman–Crippen MR) is 85.9 cm³/mol. The first-order valence-corrected chi connectivity index (χ1v) is 8.03. The molecule has 1 saturated carbocycles. The average molecular weight is 303 g/mol. The Morgan fingerprint density at radius 3 is 2.32 bits per heavy atom. The van der Waals surface area contributed by atoms with E-state index in [2.05, 4.69) is 19.2 Å². The molecule has 0 unspecified atom stereocenters. The summed E-state index contributed by atoms with van der Waals surface area (Å²) >= 11 is 0. The summed E-state index contributed by atoms with van der Waals surface area (Å²) in [6, 6.07) is 6.82. The van der Waals surface area contributed by atoms with Crippen LogP contribution in [-0.2, 0) is 11.2 Å². The van der Waals surface area contributed by atoms with Gasteiger partial charge >= 0.3 is 5.97 Å². The van der Waals surface area contributed by atoms with Gasteiger partial charge < -0.3 is 10.4 Å². The highest BCUT2D eigenvalue weighted by Crippen LogP contribution is 2.46. The van der Waals surface area contributed by atoms with Crippen molar-refractivity contribution in [2.75, 3.05) is 6.54 Å². The van der Waals surface area contributed by atoms with Crippen molar-refractivity contribution in [3.8, 4) is 0 Å². The zero-order valence-electron chi connectivity index (χ0n) is 13.4. The summed E-state index contributed by atoms with van der Waals surface area (Å²) in [5, 5.41) is 11.9. The molecular weight excluding hydrogens is 278 g/mol. The number of benzene rings is 1. The number of rotatable bonds is 7. The second-order valence-electron chi connectivity index (χ2n) is 6.74. The van der Waals surface area contributed by atoms with E-state index in [9.17, 15) is 9.59 Å². The van der Waals surface area contributed by atoms with Gasteiger partial charge in [-0.2, -0.15) is 0 Å². The fraction of sp³-hybridized carbons (Fsp3) is 0.556. The zero-order valence-corrected chi connectivity index (χ0v) is 13.4. The molecule has 22 heavy (non-hydrogen) atoms. The van der Waals surface area contributed by atoms with E-state index < -0.39 is 5.97 Å². The molecule has 1 aliphatic rings. The summed E-state index contributed by atoms with van der Waals surface area (Å²) in [5.74, 6) is -0.190. The highest BCUT2D eigenvalue weighted by atomic mass is 16.4. The molecule has 0 aromatic heterocycles. The fourth-order valence-electron chi connectivity index (χ4n) is 3.23. The van der Waals surface area contributed by atoms with Gasteiger partial charge in [-0.1, -0.05) is 32.4 Å². The Kier molecular flexibility index (Phi) is 5.22. The van der Waals surface area contributed by atoms with Crippen LogP contribution < -0.4 is 5.32 Å². The van der Waals surface area contributed by atoms with E-state index in [1.54, 1.807) is 12.1 Å². The van der Waals surface area contributed by atoms with Gasteiger partial charge in [-0.05, 0) is 49.3 Å². The molecule has 0 heterocycles. The Balaban J connectivity index is 1.82. The summed E-state index contributed by atoms with van der Waals surface area (Å²) in [5.41, 5.74) is 1.19. The first-order valence-electron chi connectivity index (χ1n) is 8.03. The van der Waals surface area contributed by atoms with Crippen molar-refractivity contribution in [2.24, 2.45) is 11.3 Å². The number of carbonyl (C=O) groups is 2. The van der Waals surface area contributed by atoms with Crippen LogP contribution in [0.3, 0.4) is 0 Å². The van der Waals surface area contributed by atoms with Crippen LogP contribution in [-0.4, -0.2) is 23.5 Å². The lowest BCUT2D eigenvalue weighted by atomic mass is 9.64. The highest BCUT2D eigenvalue weighted by Gasteiger charge is 2.43. The third-order valence-corrected chi connectivity index (χ3v) is 4.49. The summed E-state index contributed by atoms with van der Waals surface area (Å²) in [7, 11) is 0. The van der Waals surface area contributed by atoms with Crippen molar-refractivity contribution >= 4 is 11.9 Å². The van der Waals surface area contributed by atoms with Crippen LogP contribution >= 0.6 is 0 Å². The van der Waals surface area contributed by atoms with E-state index in [-0.39, 0.29) is 16.9 Å². The molecule has 2 N–H and O–H groups in total. The maximum atomic E-state index is 12.4. The molecule has 0 atom stereocenters. The number of hydrogen-bond donors (Lipinski definition) is 2. The lowest BCUT2D eigenvalue weighted by Crippen LogP contribution is -2.47. The van der Waals surface area contributed by atoms with Gasteiger partial charge in [-0.15, -0.1) is 0 Å². The number of amides is 1. The van der Waals surface area contributed by atoms with Gasteiger partial charge in [0.25, 0.3) is 0 Å². The fourth-order valence-corrected chi connectivity index (χ4v) is 3.23. The molecule has 0 spiro atoms. The second kappa shape index (κ2) is 6.95. The van der Waals surface area contributed by atoms with Crippen molar-refractivity contribution in [3.63, 3.8) is 0 Å². The third kappa shape index (κ3) is 3.87. The highest BCUT2D eigenvalue weighted by molar-refractivity contribution is 5.87. The molecule has 1 fully saturated rings. The standard InChI is InChI=1S/C18H25NO3/c1-13(2)12-18(9-3-10-18)17(22)19-11-8-14-4-6-15(7-5-14)16(20)21/h4-7,13H,3,8-12H2,1-2H3,(H,19,22)(H,20,21). The number of carboxylic acids is 1. The number of aromatic carboxylic acids is 1. The van der Waals surface area contributed by atoms with Crippen molar-refractivity contribution in [1.29, 1.82) is 0 Å². The molecule has 0 radical (unpaired) electrons. The lowest BCUT2D eigenvalue weighted by molar-refractivity contribution is -0.137. The maximum absolute atomic E-state index is 12.4. The molecule has 1 aliphatic carbocycles. The maximum Gasteiger partial charge on any atom is 0.335 e. The number of hydrogen-bond acceptors (Lipinski definition) is 2. The van der Waals surface area contributed by atoms with Gasteiger partial charge in [0.2, 0.25) is 5.91 Å². The first-order chi connectivity index (χ1) is 10.4. The third-order valence-electron chi connectivity index (χ3n) is 4.49.